The van der Waals surface area contributed by atoms with Crippen molar-refractivity contribution in [1.29, 1.82) is 5.26 Å². The lowest BCUT2D eigenvalue weighted by Crippen LogP contribution is -2.48. The second-order valence-electron chi connectivity index (χ2n) is 7.74. The molecular weight excluding hydrogens is 428 g/mol. The predicted octanol–water partition coefficient (Wildman–Crippen LogP) is 4.20. The van der Waals surface area contributed by atoms with Crippen LogP contribution in [0.4, 0.5) is 0 Å². The summed E-state index contributed by atoms with van der Waals surface area (Å²) in [5.41, 5.74) is 1.09. The molecule has 0 N–H and O–H groups in total. The molecule has 1 fully saturated rings. The van der Waals surface area contributed by atoms with Gasteiger partial charge in [-0.2, -0.15) is 5.26 Å². The molecule has 3 aromatic rings. The van der Waals surface area contributed by atoms with Crippen LogP contribution in [0.25, 0.3) is 11.0 Å². The van der Waals surface area contributed by atoms with Crippen molar-refractivity contribution in [3.63, 3.8) is 0 Å². The summed E-state index contributed by atoms with van der Waals surface area (Å²) in [4.78, 5) is 0. The maximum Gasteiger partial charge on any atom is 0.262 e. The fourth-order valence-electron chi connectivity index (χ4n) is 4.11. The molecule has 0 radical (unpaired) electrons. The Morgan fingerprint density at radius 1 is 1.20 bits per heavy atom. The zero-order chi connectivity index (χ0) is 20.9. The van der Waals surface area contributed by atoms with Crippen molar-refractivity contribution >= 4 is 32.4 Å². The van der Waals surface area contributed by atoms with E-state index in [9.17, 15) is 13.7 Å². The maximum atomic E-state index is 12.0. The van der Waals surface area contributed by atoms with Crippen molar-refractivity contribution < 1.29 is 22.4 Å². The van der Waals surface area contributed by atoms with Gasteiger partial charge >= 0.3 is 0 Å². The number of nitrogens with zero attached hydrogens (tertiary/aromatic N) is 2. The van der Waals surface area contributed by atoms with E-state index in [1.807, 2.05) is 0 Å². The monoisotopic (exact) mass is 444 g/mol. The smallest absolute Gasteiger partial charge is 0.262 e. The van der Waals surface area contributed by atoms with Crippen LogP contribution in [0.5, 0.6) is 11.6 Å². The Morgan fingerprint density at radius 2 is 2.00 bits per heavy atom. The van der Waals surface area contributed by atoms with Crippen LogP contribution in [0.3, 0.4) is 0 Å². The van der Waals surface area contributed by atoms with Crippen molar-refractivity contribution in [3.05, 3.63) is 52.5 Å². The van der Waals surface area contributed by atoms with Gasteiger partial charge in [-0.1, -0.05) is 11.6 Å². The van der Waals surface area contributed by atoms with E-state index in [-0.39, 0.29) is 11.5 Å². The van der Waals surface area contributed by atoms with E-state index in [1.165, 1.54) is 0 Å². The van der Waals surface area contributed by atoms with Gasteiger partial charge in [0.25, 0.3) is 5.88 Å². The molecule has 7 nitrogen and oxygen atoms in total. The standard InChI is InChI=1S/C21H17ClN2O5S/c22-14-2-3-15-18(10-14)29-24-20(15)27-19-11-21(5-7-30(25,26)8-6-21)28-17-4-1-13(12-23)9-16(17)19/h1-4,9-10,19H,5-8,11H2/t19-/m0/s1. The van der Waals surface area contributed by atoms with E-state index in [4.69, 9.17) is 25.6 Å². The first-order valence-electron chi connectivity index (χ1n) is 9.52. The van der Waals surface area contributed by atoms with Crippen LogP contribution in [0.15, 0.2) is 40.9 Å². The number of halogens is 1. The molecule has 2 aliphatic rings. The zero-order valence-electron chi connectivity index (χ0n) is 15.8. The van der Waals surface area contributed by atoms with Crippen molar-refractivity contribution in [2.45, 2.75) is 31.0 Å². The Balaban J connectivity index is 1.54. The van der Waals surface area contributed by atoms with Gasteiger partial charge in [0.1, 0.15) is 17.5 Å². The number of ether oxygens (including phenoxy) is 2. The van der Waals surface area contributed by atoms with E-state index in [0.29, 0.717) is 52.4 Å². The maximum absolute atomic E-state index is 12.0. The molecule has 1 aromatic heterocycles. The minimum absolute atomic E-state index is 0.0801. The lowest BCUT2D eigenvalue weighted by molar-refractivity contribution is -0.0141. The summed E-state index contributed by atoms with van der Waals surface area (Å²) in [6.07, 6.45) is 0.770. The SMILES string of the molecule is N#Cc1ccc2c(c1)[C@@H](Oc1noc3cc(Cl)ccc13)CC1(CCS(=O)(=O)CC1)O2. The Kier molecular flexibility index (Phi) is 4.42. The van der Waals surface area contributed by atoms with E-state index in [0.717, 1.165) is 5.56 Å². The summed E-state index contributed by atoms with van der Waals surface area (Å²) in [6.45, 7) is 0. The lowest BCUT2D eigenvalue weighted by atomic mass is 9.84. The molecule has 1 atom stereocenters. The normalized spacial score (nSPS) is 21.5. The summed E-state index contributed by atoms with van der Waals surface area (Å²) in [5, 5.41) is 14.6. The highest BCUT2D eigenvalue weighted by atomic mass is 35.5. The van der Waals surface area contributed by atoms with E-state index >= 15 is 0 Å². The van der Waals surface area contributed by atoms with Gasteiger partial charge in [-0.05, 0) is 35.5 Å². The quantitative estimate of drug-likeness (QED) is 0.583. The summed E-state index contributed by atoms with van der Waals surface area (Å²) < 4.78 is 41.8. The summed E-state index contributed by atoms with van der Waals surface area (Å²) >= 11 is 6.02. The molecule has 0 amide bonds. The van der Waals surface area contributed by atoms with Crippen LogP contribution >= 0.6 is 11.6 Å². The van der Waals surface area contributed by atoms with Crippen LogP contribution in [0, 0.1) is 11.3 Å². The second-order valence-corrected chi connectivity index (χ2v) is 10.5. The van der Waals surface area contributed by atoms with Gasteiger partial charge in [0.15, 0.2) is 15.4 Å². The Labute approximate surface area is 178 Å². The van der Waals surface area contributed by atoms with Crippen LogP contribution in [0.2, 0.25) is 5.02 Å². The van der Waals surface area contributed by atoms with Crippen LogP contribution < -0.4 is 9.47 Å². The van der Waals surface area contributed by atoms with Gasteiger partial charge < -0.3 is 14.0 Å². The minimum Gasteiger partial charge on any atom is -0.487 e. The van der Waals surface area contributed by atoms with E-state index in [2.05, 4.69) is 11.2 Å². The molecule has 0 unspecified atom stereocenters. The fourth-order valence-corrected chi connectivity index (χ4v) is 5.85. The minimum atomic E-state index is -3.05. The molecule has 0 bridgehead atoms. The first kappa shape index (κ1) is 19.2. The molecule has 1 saturated heterocycles. The average Bonchev–Trinajstić information content (AvgIpc) is 3.12. The number of sulfone groups is 1. The topological polar surface area (TPSA) is 102 Å². The molecule has 30 heavy (non-hydrogen) atoms. The van der Waals surface area contributed by atoms with Gasteiger partial charge in [-0.25, -0.2) is 8.42 Å². The molecule has 0 saturated carbocycles. The highest BCUT2D eigenvalue weighted by molar-refractivity contribution is 7.91. The predicted molar refractivity (Wildman–Crippen MR) is 109 cm³/mol. The molecule has 9 heteroatoms. The molecule has 3 heterocycles. The van der Waals surface area contributed by atoms with Crippen LogP contribution in [0.1, 0.15) is 36.5 Å². The largest absolute Gasteiger partial charge is 0.487 e. The molecule has 0 aliphatic carbocycles. The summed E-state index contributed by atoms with van der Waals surface area (Å²) in [5.74, 6) is 1.08. The van der Waals surface area contributed by atoms with Crippen LogP contribution in [-0.4, -0.2) is 30.7 Å². The van der Waals surface area contributed by atoms with Crippen molar-refractivity contribution in [1.82, 2.24) is 5.16 Å². The number of nitriles is 1. The molecule has 2 aliphatic heterocycles. The number of rotatable bonds is 2. The molecule has 1 spiro atoms. The highest BCUT2D eigenvalue weighted by Crippen LogP contribution is 2.47. The molecule has 2 aromatic carbocycles. The zero-order valence-corrected chi connectivity index (χ0v) is 17.4. The summed E-state index contributed by atoms with van der Waals surface area (Å²) in [6, 6.07) is 12.5. The number of fused-ring (bicyclic) bond motifs is 2. The number of aromatic nitrogens is 1. The third-order valence-electron chi connectivity index (χ3n) is 5.76. The van der Waals surface area contributed by atoms with E-state index < -0.39 is 21.5 Å². The van der Waals surface area contributed by atoms with Crippen molar-refractivity contribution in [2.24, 2.45) is 0 Å². The van der Waals surface area contributed by atoms with Crippen molar-refractivity contribution in [3.8, 4) is 17.7 Å². The third-order valence-corrected chi connectivity index (χ3v) is 7.65. The number of hydrogen-bond acceptors (Lipinski definition) is 7. The Morgan fingerprint density at radius 3 is 2.77 bits per heavy atom. The van der Waals surface area contributed by atoms with Crippen molar-refractivity contribution in [2.75, 3.05) is 11.5 Å². The lowest BCUT2D eigenvalue weighted by Gasteiger charge is -2.43. The molecule has 154 valence electrons. The third kappa shape index (κ3) is 3.38. The Bertz CT molecular complexity index is 1280. The highest BCUT2D eigenvalue weighted by Gasteiger charge is 2.46. The summed E-state index contributed by atoms with van der Waals surface area (Å²) in [7, 11) is -3.05. The van der Waals surface area contributed by atoms with Gasteiger partial charge in [0, 0.05) is 35.9 Å². The van der Waals surface area contributed by atoms with E-state index in [1.54, 1.807) is 36.4 Å². The second kappa shape index (κ2) is 6.89. The molecule has 5 rings (SSSR count). The van der Waals surface area contributed by atoms with Gasteiger partial charge in [0.05, 0.1) is 28.5 Å². The van der Waals surface area contributed by atoms with Gasteiger partial charge in [-0.15, -0.1) is 0 Å². The number of hydrogen-bond donors (Lipinski definition) is 0. The van der Waals surface area contributed by atoms with Gasteiger partial charge in [-0.3, -0.25) is 0 Å². The molecular formula is C21H17ClN2O5S. The van der Waals surface area contributed by atoms with Crippen LogP contribution in [-0.2, 0) is 9.84 Å². The van der Waals surface area contributed by atoms with Gasteiger partial charge in [0.2, 0.25) is 0 Å². The first-order chi connectivity index (χ1) is 14.4. The first-order valence-corrected chi connectivity index (χ1v) is 11.7. The average molecular weight is 445 g/mol. The fraction of sp³-hybridized carbons (Fsp3) is 0.333. The number of benzene rings is 2. The Hall–Kier alpha value is -2.76.